The SMILES string of the molecule is Cc1cc(CC(C)C)c2c(-c3cccc(-c4nc5ccccc5n4-c4ccccc4)c3)cc3c(cc(-c4cccc(-c5nc6ccccc6n5-c5ccccc5)c4)c4c(CC(C)C)cc(C)nc43)c2n1. The van der Waals surface area contributed by atoms with Gasteiger partial charge in [-0.25, -0.2) is 9.97 Å². The maximum absolute atomic E-state index is 5.53. The van der Waals surface area contributed by atoms with Gasteiger partial charge in [0.15, 0.2) is 0 Å². The first-order valence-electron chi connectivity index (χ1n) is 24.6. The molecule has 6 nitrogen and oxygen atoms in total. The maximum Gasteiger partial charge on any atom is 0.145 e. The normalized spacial score (nSPS) is 11.9. The van der Waals surface area contributed by atoms with Gasteiger partial charge in [-0.15, -0.1) is 0 Å². The van der Waals surface area contributed by atoms with Gasteiger partial charge in [0.05, 0.1) is 33.1 Å². The second-order valence-corrected chi connectivity index (χ2v) is 19.8. The van der Waals surface area contributed by atoms with Gasteiger partial charge in [0.2, 0.25) is 0 Å². The minimum atomic E-state index is 0.434. The summed E-state index contributed by atoms with van der Waals surface area (Å²) in [5, 5.41) is 4.58. The number of hydrogen-bond acceptors (Lipinski definition) is 4. The standard InChI is InChI=1S/C64H54N6/c1-39(2)31-47-33-41(5)65-61-53-38-52(44-20-18-22-46(36-44)64-68-56-28-14-16-30-58(56)70(64)50-25-11-8-12-26-50)60-48(32-40(3)4)34-42(6)66-62(60)54(53)37-51(59(47)61)43-19-17-21-45(35-43)63-67-55-27-13-15-29-57(55)69(63)49-23-9-7-10-24-49/h7-30,33-40H,31-32H2,1-6H3. The van der Waals surface area contributed by atoms with Crippen LogP contribution in [0.2, 0.25) is 0 Å². The molecule has 0 amide bonds. The minimum absolute atomic E-state index is 0.434. The van der Waals surface area contributed by atoms with E-state index < -0.39 is 0 Å². The average Bonchev–Trinajstić information content (AvgIpc) is 3.96. The van der Waals surface area contributed by atoms with Crippen molar-refractivity contribution in [1.29, 1.82) is 0 Å². The molecule has 0 radical (unpaired) electrons. The summed E-state index contributed by atoms with van der Waals surface area (Å²) in [6.45, 7) is 13.5. The molecule has 70 heavy (non-hydrogen) atoms. The lowest BCUT2D eigenvalue weighted by Crippen LogP contribution is -2.03. The number of rotatable bonds is 10. The van der Waals surface area contributed by atoms with Gasteiger partial charge in [-0.3, -0.25) is 19.1 Å². The molecular formula is C64H54N6. The molecule has 0 aliphatic rings. The zero-order valence-corrected chi connectivity index (χ0v) is 40.6. The molecule has 12 rings (SSSR count). The zero-order chi connectivity index (χ0) is 47.6. The summed E-state index contributed by atoms with van der Waals surface area (Å²) < 4.78 is 4.57. The molecule has 0 saturated heterocycles. The van der Waals surface area contributed by atoms with Crippen LogP contribution in [0.25, 0.3) is 111 Å². The Morgan fingerprint density at radius 1 is 0.386 bits per heavy atom. The molecule has 0 N–H and O–H groups in total. The Morgan fingerprint density at radius 2 is 0.771 bits per heavy atom. The molecule has 4 heterocycles. The smallest absolute Gasteiger partial charge is 0.145 e. The van der Waals surface area contributed by atoms with Crippen LogP contribution in [0.3, 0.4) is 0 Å². The first-order chi connectivity index (χ1) is 34.2. The number of fused-ring (bicyclic) bond motifs is 7. The van der Waals surface area contributed by atoms with Crippen LogP contribution in [-0.2, 0) is 12.8 Å². The summed E-state index contributed by atoms with van der Waals surface area (Å²) in [4.78, 5) is 21.6. The van der Waals surface area contributed by atoms with E-state index in [4.69, 9.17) is 19.9 Å². The van der Waals surface area contributed by atoms with Crippen LogP contribution in [0, 0.1) is 25.7 Å². The Hall–Kier alpha value is -8.22. The van der Waals surface area contributed by atoms with Gasteiger partial charge in [-0.2, -0.15) is 0 Å². The van der Waals surface area contributed by atoms with Crippen LogP contribution in [0.15, 0.2) is 182 Å². The highest BCUT2D eigenvalue weighted by atomic mass is 15.1. The summed E-state index contributed by atoms with van der Waals surface area (Å²) in [7, 11) is 0. The molecule has 12 aromatic rings. The first-order valence-corrected chi connectivity index (χ1v) is 24.6. The first kappa shape index (κ1) is 43.1. The third kappa shape index (κ3) is 7.52. The fourth-order valence-electron chi connectivity index (χ4n) is 10.9. The molecule has 0 spiro atoms. The molecule has 0 atom stereocenters. The largest absolute Gasteiger partial charge is 0.292 e. The number of aromatic nitrogens is 6. The third-order valence-corrected chi connectivity index (χ3v) is 13.6. The second-order valence-electron chi connectivity index (χ2n) is 19.8. The van der Waals surface area contributed by atoms with E-state index in [0.29, 0.717) is 11.8 Å². The lowest BCUT2D eigenvalue weighted by Gasteiger charge is -2.21. The van der Waals surface area contributed by atoms with Crippen molar-refractivity contribution in [2.45, 2.75) is 54.4 Å². The van der Waals surface area contributed by atoms with Gasteiger partial charge < -0.3 is 0 Å². The van der Waals surface area contributed by atoms with Crippen molar-refractivity contribution in [1.82, 2.24) is 29.1 Å². The van der Waals surface area contributed by atoms with Crippen molar-refractivity contribution in [2.24, 2.45) is 11.8 Å². The predicted octanol–water partition coefficient (Wildman–Crippen LogP) is 16.3. The molecule has 0 aliphatic carbocycles. The van der Waals surface area contributed by atoms with E-state index in [1.165, 1.54) is 21.9 Å². The lowest BCUT2D eigenvalue weighted by molar-refractivity contribution is 0.649. The molecule has 6 heteroatoms. The molecule has 340 valence electrons. The van der Waals surface area contributed by atoms with Crippen molar-refractivity contribution in [3.63, 3.8) is 0 Å². The van der Waals surface area contributed by atoms with Gasteiger partial charge in [-0.05, 0) is 157 Å². The summed E-state index contributed by atoms with van der Waals surface area (Å²) in [6, 6.07) is 65.3. The zero-order valence-electron chi connectivity index (χ0n) is 40.6. The average molecular weight is 907 g/mol. The van der Waals surface area contributed by atoms with Crippen LogP contribution >= 0.6 is 0 Å². The molecule has 0 fully saturated rings. The molecule has 0 saturated carbocycles. The minimum Gasteiger partial charge on any atom is -0.292 e. The molecule has 4 aromatic heterocycles. The van der Waals surface area contributed by atoms with Crippen LogP contribution in [0.1, 0.15) is 50.2 Å². The maximum atomic E-state index is 5.53. The molecule has 0 unspecified atom stereocenters. The summed E-state index contributed by atoms with van der Waals surface area (Å²) in [5.41, 5.74) is 19.5. The van der Waals surface area contributed by atoms with Gasteiger partial charge in [0.25, 0.3) is 0 Å². The van der Waals surface area contributed by atoms with Crippen LogP contribution in [-0.4, -0.2) is 29.1 Å². The number of pyridine rings is 2. The highest BCUT2D eigenvalue weighted by Gasteiger charge is 2.24. The fourth-order valence-corrected chi connectivity index (χ4v) is 10.9. The topological polar surface area (TPSA) is 61.4 Å². The fraction of sp³-hybridized carbons (Fsp3) is 0.156. The number of para-hydroxylation sites is 6. The number of nitrogens with zero attached hydrogens (tertiary/aromatic N) is 6. The van der Waals surface area contributed by atoms with Crippen molar-refractivity contribution in [3.05, 3.63) is 205 Å². The Kier molecular flexibility index (Phi) is 10.7. The second kappa shape index (κ2) is 17.4. The quantitative estimate of drug-likeness (QED) is 0.128. The number of benzene rings is 8. The Labute approximate surface area is 409 Å². The number of hydrogen-bond donors (Lipinski definition) is 0. The Morgan fingerprint density at radius 3 is 1.19 bits per heavy atom. The van der Waals surface area contributed by atoms with E-state index in [2.05, 4.69) is 233 Å². The van der Waals surface area contributed by atoms with Crippen LogP contribution in [0.4, 0.5) is 0 Å². The van der Waals surface area contributed by atoms with E-state index >= 15 is 0 Å². The van der Waals surface area contributed by atoms with Gasteiger partial charge in [-0.1, -0.05) is 125 Å². The van der Waals surface area contributed by atoms with E-state index in [1.807, 2.05) is 0 Å². The Balaban J connectivity index is 1.14. The number of imidazole rings is 2. The van der Waals surface area contributed by atoms with E-state index in [9.17, 15) is 0 Å². The van der Waals surface area contributed by atoms with E-state index in [1.54, 1.807) is 0 Å². The molecule has 0 aliphatic heterocycles. The highest BCUT2D eigenvalue weighted by molar-refractivity contribution is 6.23. The summed E-state index contributed by atoms with van der Waals surface area (Å²) in [6.07, 6.45) is 1.84. The lowest BCUT2D eigenvalue weighted by atomic mass is 9.85. The van der Waals surface area contributed by atoms with Gasteiger partial charge in [0.1, 0.15) is 11.6 Å². The third-order valence-electron chi connectivity index (χ3n) is 13.6. The molecule has 0 bridgehead atoms. The summed E-state index contributed by atoms with van der Waals surface area (Å²) in [5.74, 6) is 2.68. The van der Waals surface area contributed by atoms with Crippen LogP contribution in [0.5, 0.6) is 0 Å². The highest BCUT2D eigenvalue weighted by Crippen LogP contribution is 2.45. The van der Waals surface area contributed by atoms with Gasteiger partial charge >= 0.3 is 0 Å². The molecular weight excluding hydrogens is 853 g/mol. The van der Waals surface area contributed by atoms with Crippen molar-refractivity contribution in [2.75, 3.05) is 0 Å². The van der Waals surface area contributed by atoms with Crippen molar-refractivity contribution < 1.29 is 0 Å². The Bertz CT molecular complexity index is 3710. The van der Waals surface area contributed by atoms with Crippen LogP contribution < -0.4 is 0 Å². The summed E-state index contributed by atoms with van der Waals surface area (Å²) >= 11 is 0. The van der Waals surface area contributed by atoms with E-state index in [-0.39, 0.29) is 0 Å². The number of aryl methyl sites for hydroxylation is 2. The molecule has 8 aromatic carbocycles. The monoisotopic (exact) mass is 906 g/mol. The van der Waals surface area contributed by atoms with Gasteiger partial charge in [0, 0.05) is 55.4 Å². The predicted molar refractivity (Wildman–Crippen MR) is 292 cm³/mol. The van der Waals surface area contributed by atoms with Crippen molar-refractivity contribution >= 4 is 54.6 Å². The van der Waals surface area contributed by atoms with E-state index in [0.717, 1.165) is 125 Å². The van der Waals surface area contributed by atoms with Crippen molar-refractivity contribution in [3.8, 4) is 56.4 Å².